The smallest absolute Gasteiger partial charge is 0.377 e. The van der Waals surface area contributed by atoms with Crippen molar-refractivity contribution in [3.63, 3.8) is 0 Å². The van der Waals surface area contributed by atoms with Crippen LogP contribution in [0.1, 0.15) is 13.3 Å². The van der Waals surface area contributed by atoms with Crippen LogP contribution in [0.2, 0.25) is 6.04 Å². The van der Waals surface area contributed by atoms with Crippen LogP contribution < -0.4 is 0 Å². The lowest BCUT2D eigenvalue weighted by Crippen LogP contribution is -2.43. The van der Waals surface area contributed by atoms with Crippen LogP contribution in [0.4, 0.5) is 0 Å². The Balaban J connectivity index is 3.96. The Morgan fingerprint density at radius 3 is 2.09 bits per heavy atom. The third-order valence-corrected chi connectivity index (χ3v) is 4.39. The van der Waals surface area contributed by atoms with Crippen molar-refractivity contribution in [2.45, 2.75) is 19.4 Å². The predicted molar refractivity (Wildman–Crippen MR) is 43.0 cm³/mol. The average molecular weight is 180 g/mol. The highest BCUT2D eigenvalue weighted by molar-refractivity contribution is 6.60. The van der Waals surface area contributed by atoms with Gasteiger partial charge in [0.15, 0.2) is 0 Å². The molecule has 0 aliphatic carbocycles. The summed E-state index contributed by atoms with van der Waals surface area (Å²) in [5.41, 5.74) is 0. The molecule has 0 aromatic carbocycles. The van der Waals surface area contributed by atoms with E-state index in [9.17, 15) is 0 Å². The summed E-state index contributed by atoms with van der Waals surface area (Å²) in [4.78, 5) is 0. The maximum atomic E-state index is 8.54. The molecule has 0 fully saturated rings. The monoisotopic (exact) mass is 180 g/mol. The van der Waals surface area contributed by atoms with E-state index >= 15 is 0 Å². The van der Waals surface area contributed by atoms with Gasteiger partial charge in [-0.3, -0.25) is 0 Å². The molecule has 0 saturated carbocycles. The van der Waals surface area contributed by atoms with Gasteiger partial charge >= 0.3 is 8.80 Å². The molecule has 0 aromatic rings. The summed E-state index contributed by atoms with van der Waals surface area (Å²) in [6.45, 7) is 1.68. The van der Waals surface area contributed by atoms with Crippen LogP contribution in [-0.2, 0) is 13.3 Å². The summed E-state index contributed by atoms with van der Waals surface area (Å²) < 4.78 is 15.2. The molecule has 0 bridgehead atoms. The molecule has 0 atom stereocenters. The molecule has 0 heterocycles. The zero-order chi connectivity index (χ0) is 8.74. The van der Waals surface area contributed by atoms with E-state index in [2.05, 4.69) is 0 Å². The van der Waals surface area contributed by atoms with Gasteiger partial charge in [0.2, 0.25) is 0 Å². The molecule has 0 aliphatic heterocycles. The topological polar surface area (TPSA) is 47.9 Å². The van der Waals surface area contributed by atoms with E-state index in [0.29, 0.717) is 0 Å². The van der Waals surface area contributed by atoms with Crippen LogP contribution in [0.25, 0.3) is 0 Å². The lowest BCUT2D eigenvalue weighted by molar-refractivity contribution is 0.0149. The molecule has 0 amide bonds. The Labute approximate surface area is 68.4 Å². The lowest BCUT2D eigenvalue weighted by Gasteiger charge is -2.24. The van der Waals surface area contributed by atoms with Crippen molar-refractivity contribution < 1.29 is 18.4 Å². The van der Waals surface area contributed by atoms with Gasteiger partial charge in [0, 0.05) is 20.3 Å². The maximum absolute atomic E-state index is 8.54. The van der Waals surface area contributed by atoms with Gasteiger partial charge in [0.25, 0.3) is 0 Å². The number of hydrogen-bond donors (Lipinski definition) is 1. The summed E-state index contributed by atoms with van der Waals surface area (Å²) in [6.07, 6.45) is 0.925. The average Bonchev–Trinajstić information content (AvgIpc) is 2.04. The second-order valence-corrected chi connectivity index (χ2v) is 5.09. The van der Waals surface area contributed by atoms with Crippen molar-refractivity contribution in [2.75, 3.05) is 21.0 Å². The SMILES string of the molecule is CCC[Si](OC)(OC)OCO. The van der Waals surface area contributed by atoms with Gasteiger partial charge in [-0.1, -0.05) is 13.3 Å². The number of aliphatic hydroxyl groups is 1. The fourth-order valence-electron chi connectivity index (χ4n) is 0.882. The Bertz CT molecular complexity index is 86.6. The first-order valence-electron chi connectivity index (χ1n) is 3.59. The van der Waals surface area contributed by atoms with Gasteiger partial charge in [-0.05, 0) is 0 Å². The summed E-state index contributed by atoms with van der Waals surface area (Å²) in [6, 6.07) is 0.737. The summed E-state index contributed by atoms with van der Waals surface area (Å²) in [7, 11) is 0.592. The summed E-state index contributed by atoms with van der Waals surface area (Å²) in [5, 5.41) is 8.54. The zero-order valence-corrected chi connectivity index (χ0v) is 8.29. The number of aliphatic hydroxyl groups excluding tert-OH is 1. The molecule has 4 nitrogen and oxygen atoms in total. The number of rotatable bonds is 6. The second-order valence-electron chi connectivity index (χ2n) is 2.11. The molecular weight excluding hydrogens is 164 g/mol. The van der Waals surface area contributed by atoms with Crippen LogP contribution in [0, 0.1) is 0 Å². The van der Waals surface area contributed by atoms with Crippen LogP contribution in [0.5, 0.6) is 0 Å². The summed E-state index contributed by atoms with van der Waals surface area (Å²) in [5.74, 6) is 0. The molecule has 0 radical (unpaired) electrons. The molecule has 5 heteroatoms. The zero-order valence-electron chi connectivity index (χ0n) is 7.29. The predicted octanol–water partition coefficient (Wildman–Crippen LogP) is 0.595. The maximum Gasteiger partial charge on any atom is 0.502 e. The van der Waals surface area contributed by atoms with Crippen molar-refractivity contribution in [3.8, 4) is 0 Å². The van der Waals surface area contributed by atoms with Gasteiger partial charge in [0.05, 0.1) is 0 Å². The molecule has 0 aliphatic rings. The van der Waals surface area contributed by atoms with Gasteiger partial charge in [-0.15, -0.1) is 0 Å². The number of hydrogen-bond acceptors (Lipinski definition) is 4. The Morgan fingerprint density at radius 2 is 1.82 bits per heavy atom. The minimum Gasteiger partial charge on any atom is -0.377 e. The van der Waals surface area contributed by atoms with Gasteiger partial charge < -0.3 is 18.4 Å². The Kier molecular flexibility index (Phi) is 5.70. The van der Waals surface area contributed by atoms with E-state index in [0.717, 1.165) is 12.5 Å². The van der Waals surface area contributed by atoms with Gasteiger partial charge in [-0.2, -0.15) is 0 Å². The molecule has 1 N–H and O–H groups in total. The molecule has 0 spiro atoms. The van der Waals surface area contributed by atoms with E-state index < -0.39 is 8.80 Å². The molecule has 0 saturated heterocycles. The fourth-order valence-corrected chi connectivity index (χ4v) is 2.65. The lowest BCUT2D eigenvalue weighted by atomic mass is 10.6. The van der Waals surface area contributed by atoms with Crippen LogP contribution in [0.15, 0.2) is 0 Å². The molecule has 68 valence electrons. The first kappa shape index (κ1) is 11.1. The van der Waals surface area contributed by atoms with E-state index in [1.807, 2.05) is 6.92 Å². The molecular formula is C6H16O4Si. The minimum atomic E-state index is -2.49. The van der Waals surface area contributed by atoms with Crippen molar-refractivity contribution in [1.82, 2.24) is 0 Å². The van der Waals surface area contributed by atoms with E-state index in [-0.39, 0.29) is 6.79 Å². The van der Waals surface area contributed by atoms with Gasteiger partial charge in [-0.25, -0.2) is 0 Å². The molecule has 0 aromatic heterocycles. The van der Waals surface area contributed by atoms with Crippen LogP contribution >= 0.6 is 0 Å². The highest BCUT2D eigenvalue weighted by atomic mass is 28.4. The van der Waals surface area contributed by atoms with Gasteiger partial charge in [0.1, 0.15) is 6.79 Å². The third kappa shape index (κ3) is 3.30. The van der Waals surface area contributed by atoms with Crippen molar-refractivity contribution in [2.24, 2.45) is 0 Å². The standard InChI is InChI=1S/C6H16O4Si/c1-4-5-11(8-2,9-3)10-6-7/h7H,4-6H2,1-3H3. The minimum absolute atomic E-state index is 0.339. The van der Waals surface area contributed by atoms with Crippen molar-refractivity contribution >= 4 is 8.80 Å². The fraction of sp³-hybridized carbons (Fsp3) is 1.00. The van der Waals surface area contributed by atoms with Crippen molar-refractivity contribution in [1.29, 1.82) is 0 Å². The Morgan fingerprint density at radius 1 is 1.27 bits per heavy atom. The third-order valence-electron chi connectivity index (χ3n) is 1.46. The van der Waals surface area contributed by atoms with E-state index in [1.54, 1.807) is 14.2 Å². The quantitative estimate of drug-likeness (QED) is 0.480. The van der Waals surface area contributed by atoms with Crippen LogP contribution in [-0.4, -0.2) is 34.9 Å². The first-order chi connectivity index (χ1) is 5.24. The highest BCUT2D eigenvalue weighted by Crippen LogP contribution is 2.14. The molecule has 0 unspecified atom stereocenters. The molecule has 11 heavy (non-hydrogen) atoms. The van der Waals surface area contributed by atoms with E-state index in [4.69, 9.17) is 18.4 Å². The summed E-state index contributed by atoms with van der Waals surface area (Å²) >= 11 is 0. The highest BCUT2D eigenvalue weighted by Gasteiger charge is 2.37. The molecule has 0 rings (SSSR count). The largest absolute Gasteiger partial charge is 0.502 e. The van der Waals surface area contributed by atoms with Crippen LogP contribution in [0.3, 0.4) is 0 Å². The van der Waals surface area contributed by atoms with E-state index in [1.165, 1.54) is 0 Å². The first-order valence-corrected chi connectivity index (χ1v) is 5.53. The Hall–Kier alpha value is 0.0569. The normalized spacial score (nSPS) is 12.0. The second kappa shape index (κ2) is 5.67. The van der Waals surface area contributed by atoms with Crippen molar-refractivity contribution in [3.05, 3.63) is 0 Å².